The molecule has 3 aromatic rings. The number of hydrogen-bond acceptors (Lipinski definition) is 4. The van der Waals surface area contributed by atoms with Gasteiger partial charge in [-0.05, 0) is 41.8 Å². The van der Waals surface area contributed by atoms with Gasteiger partial charge in [0.25, 0.3) is 11.8 Å². The number of amides is 2. The molecule has 2 amide bonds. The maximum Gasteiger partial charge on any atom is 0.267 e. The summed E-state index contributed by atoms with van der Waals surface area (Å²) < 4.78 is 0. The number of carbonyl (C=O) groups is 2. The van der Waals surface area contributed by atoms with Crippen LogP contribution in [0.2, 0.25) is 0 Å². The van der Waals surface area contributed by atoms with Gasteiger partial charge in [0.15, 0.2) is 0 Å². The molecule has 148 valence electrons. The molecule has 0 aliphatic rings. The number of anilines is 1. The largest absolute Gasteiger partial charge is 0.373 e. The van der Waals surface area contributed by atoms with Gasteiger partial charge < -0.3 is 15.5 Å². The zero-order valence-corrected chi connectivity index (χ0v) is 17.0. The van der Waals surface area contributed by atoms with Crippen LogP contribution in [0.5, 0.6) is 0 Å². The molecule has 1 aromatic heterocycles. The highest BCUT2D eigenvalue weighted by Crippen LogP contribution is 2.13. The first-order valence-electron chi connectivity index (χ1n) is 9.29. The molecule has 5 nitrogen and oxygen atoms in total. The van der Waals surface area contributed by atoms with E-state index >= 15 is 0 Å². The lowest BCUT2D eigenvalue weighted by Crippen LogP contribution is -2.38. The van der Waals surface area contributed by atoms with Crippen molar-refractivity contribution in [2.75, 3.05) is 25.0 Å². The Bertz CT molecular complexity index is 954. The van der Waals surface area contributed by atoms with Gasteiger partial charge in [-0.15, -0.1) is 11.3 Å². The average Bonchev–Trinajstić information content (AvgIpc) is 3.27. The molecular weight excluding hydrogens is 382 g/mol. The molecule has 0 radical (unpaired) electrons. The lowest BCUT2D eigenvalue weighted by atomic mass is 10.2. The molecule has 0 aliphatic carbocycles. The van der Waals surface area contributed by atoms with E-state index in [4.69, 9.17) is 0 Å². The van der Waals surface area contributed by atoms with Gasteiger partial charge in [0, 0.05) is 36.3 Å². The van der Waals surface area contributed by atoms with E-state index in [-0.39, 0.29) is 17.5 Å². The Labute approximate surface area is 174 Å². The molecule has 6 heteroatoms. The summed E-state index contributed by atoms with van der Waals surface area (Å²) in [5, 5.41) is 7.56. The van der Waals surface area contributed by atoms with Crippen molar-refractivity contribution in [2.24, 2.45) is 0 Å². The molecule has 0 saturated heterocycles. The van der Waals surface area contributed by atoms with E-state index in [2.05, 4.69) is 15.5 Å². The van der Waals surface area contributed by atoms with Crippen molar-refractivity contribution in [3.05, 3.63) is 94.3 Å². The summed E-state index contributed by atoms with van der Waals surface area (Å²) in [7, 11) is 1.97. The number of rotatable bonds is 8. The summed E-state index contributed by atoms with van der Waals surface area (Å²) in [6.45, 7) is 1.10. The minimum Gasteiger partial charge on any atom is -0.373 e. The Morgan fingerprint density at radius 1 is 0.966 bits per heavy atom. The van der Waals surface area contributed by atoms with Crippen LogP contribution in [0.4, 0.5) is 5.69 Å². The summed E-state index contributed by atoms with van der Waals surface area (Å²) >= 11 is 1.50. The molecule has 0 unspecified atom stereocenters. The fourth-order valence-corrected chi connectivity index (χ4v) is 3.36. The van der Waals surface area contributed by atoms with E-state index in [1.54, 1.807) is 30.3 Å². The molecule has 0 atom stereocenters. The Morgan fingerprint density at radius 3 is 2.31 bits per heavy atom. The van der Waals surface area contributed by atoms with Gasteiger partial charge in [-0.25, -0.2) is 0 Å². The number of hydrogen-bond donors (Lipinski definition) is 2. The molecule has 29 heavy (non-hydrogen) atoms. The molecule has 0 bridgehead atoms. The van der Waals surface area contributed by atoms with E-state index in [1.807, 2.05) is 61.0 Å². The minimum atomic E-state index is -0.316. The smallest absolute Gasteiger partial charge is 0.267 e. The van der Waals surface area contributed by atoms with Crippen LogP contribution in [0.25, 0.3) is 6.08 Å². The molecule has 0 fully saturated rings. The van der Waals surface area contributed by atoms with E-state index in [0.29, 0.717) is 18.7 Å². The van der Waals surface area contributed by atoms with Gasteiger partial charge in [-0.3, -0.25) is 9.59 Å². The summed E-state index contributed by atoms with van der Waals surface area (Å²) in [6.07, 6.45) is 1.70. The average molecular weight is 406 g/mol. The molecule has 3 rings (SSSR count). The van der Waals surface area contributed by atoms with Gasteiger partial charge >= 0.3 is 0 Å². The number of carbonyl (C=O) groups excluding carboxylic acids is 2. The van der Waals surface area contributed by atoms with Gasteiger partial charge in [0.2, 0.25) is 0 Å². The highest BCUT2D eigenvalue weighted by Gasteiger charge is 2.14. The van der Waals surface area contributed by atoms with Crippen LogP contribution in [0, 0.1) is 0 Å². The first-order chi connectivity index (χ1) is 14.1. The van der Waals surface area contributed by atoms with Gasteiger partial charge in [0.05, 0.1) is 0 Å². The summed E-state index contributed by atoms with van der Waals surface area (Å²) in [6, 6.07) is 22.6. The Kier molecular flexibility index (Phi) is 7.19. The third kappa shape index (κ3) is 6.05. The normalized spacial score (nSPS) is 11.0. The topological polar surface area (TPSA) is 61.4 Å². The molecule has 0 aliphatic heterocycles. The van der Waals surface area contributed by atoms with E-state index in [1.165, 1.54) is 11.3 Å². The first-order valence-corrected chi connectivity index (χ1v) is 10.2. The number of thiophene rings is 1. The number of benzene rings is 2. The lowest BCUT2D eigenvalue weighted by molar-refractivity contribution is -0.117. The molecule has 0 spiro atoms. The second kappa shape index (κ2) is 10.2. The maximum atomic E-state index is 12.7. The zero-order chi connectivity index (χ0) is 20.5. The highest BCUT2D eigenvalue weighted by atomic mass is 32.1. The fourth-order valence-electron chi connectivity index (χ4n) is 2.70. The lowest BCUT2D eigenvalue weighted by Gasteiger charge is -2.19. The SMILES string of the molecule is CN(CCNC(=O)/C(=C/c1cccs1)NC(=O)c1ccccc1)c1ccccc1. The van der Waals surface area contributed by atoms with E-state index in [0.717, 1.165) is 10.6 Å². The molecular formula is C23H23N3O2S. The van der Waals surface area contributed by atoms with Crippen molar-refractivity contribution in [3.63, 3.8) is 0 Å². The molecule has 2 aromatic carbocycles. The third-order valence-electron chi connectivity index (χ3n) is 4.29. The number of nitrogens with one attached hydrogen (secondary N) is 2. The quantitative estimate of drug-likeness (QED) is 0.561. The van der Waals surface area contributed by atoms with Gasteiger partial charge in [-0.2, -0.15) is 0 Å². The monoisotopic (exact) mass is 405 g/mol. The van der Waals surface area contributed by atoms with Crippen LogP contribution < -0.4 is 15.5 Å². The number of likely N-dealkylation sites (N-methyl/N-ethyl adjacent to an activating group) is 1. The predicted octanol–water partition coefficient (Wildman–Crippen LogP) is 3.77. The third-order valence-corrected chi connectivity index (χ3v) is 5.11. The van der Waals surface area contributed by atoms with Gasteiger partial charge in [-0.1, -0.05) is 42.5 Å². The van der Waals surface area contributed by atoms with Crippen molar-refractivity contribution >= 4 is 34.9 Å². The van der Waals surface area contributed by atoms with E-state index in [9.17, 15) is 9.59 Å². The Hall–Kier alpha value is -3.38. The van der Waals surface area contributed by atoms with Crippen LogP contribution >= 0.6 is 11.3 Å². The molecule has 1 heterocycles. The summed E-state index contributed by atoms with van der Waals surface area (Å²) in [5.74, 6) is -0.630. The van der Waals surface area contributed by atoms with Crippen molar-refractivity contribution in [1.29, 1.82) is 0 Å². The van der Waals surface area contributed by atoms with E-state index < -0.39 is 0 Å². The Balaban J connectivity index is 1.64. The van der Waals surface area contributed by atoms with Crippen LogP contribution in [-0.2, 0) is 4.79 Å². The van der Waals surface area contributed by atoms with Crippen LogP contribution in [0.15, 0.2) is 83.9 Å². The zero-order valence-electron chi connectivity index (χ0n) is 16.2. The van der Waals surface area contributed by atoms with Crippen molar-refractivity contribution in [3.8, 4) is 0 Å². The first kappa shape index (κ1) is 20.4. The number of para-hydroxylation sites is 1. The maximum absolute atomic E-state index is 12.7. The van der Waals surface area contributed by atoms with Crippen LogP contribution in [0.3, 0.4) is 0 Å². The minimum absolute atomic E-state index is 0.226. The molecule has 0 saturated carbocycles. The summed E-state index contributed by atoms with van der Waals surface area (Å²) in [5.41, 5.74) is 1.80. The summed E-state index contributed by atoms with van der Waals surface area (Å²) in [4.78, 5) is 28.2. The fraction of sp³-hybridized carbons (Fsp3) is 0.130. The second-order valence-electron chi connectivity index (χ2n) is 6.41. The van der Waals surface area contributed by atoms with Crippen LogP contribution in [-0.4, -0.2) is 32.0 Å². The Morgan fingerprint density at radius 2 is 1.66 bits per heavy atom. The van der Waals surface area contributed by atoms with Gasteiger partial charge in [0.1, 0.15) is 5.70 Å². The standard InChI is InChI=1S/C23H23N3O2S/c1-26(19-11-6-3-7-12-19)15-14-24-23(28)21(17-20-13-8-16-29-20)25-22(27)18-9-4-2-5-10-18/h2-13,16-17H,14-15H2,1H3,(H,24,28)(H,25,27)/b21-17-. The second-order valence-corrected chi connectivity index (χ2v) is 7.39. The van der Waals surface area contributed by atoms with Crippen molar-refractivity contribution in [1.82, 2.24) is 10.6 Å². The van der Waals surface area contributed by atoms with Crippen molar-refractivity contribution in [2.45, 2.75) is 0 Å². The van der Waals surface area contributed by atoms with Crippen LogP contribution in [0.1, 0.15) is 15.2 Å². The highest BCUT2D eigenvalue weighted by molar-refractivity contribution is 7.10. The predicted molar refractivity (Wildman–Crippen MR) is 119 cm³/mol. The van der Waals surface area contributed by atoms with Crippen molar-refractivity contribution < 1.29 is 9.59 Å². The number of nitrogens with zero attached hydrogens (tertiary/aromatic N) is 1. The molecule has 2 N–H and O–H groups in total.